The maximum absolute atomic E-state index is 13.3. The number of esters is 1. The van der Waals surface area contributed by atoms with Crippen LogP contribution >= 0.6 is 0 Å². The van der Waals surface area contributed by atoms with Gasteiger partial charge in [-0.05, 0) is 24.5 Å². The minimum Gasteiger partial charge on any atom is -0.463 e. The Morgan fingerprint density at radius 3 is 2.05 bits per heavy atom. The summed E-state index contributed by atoms with van der Waals surface area (Å²) in [6.07, 6.45) is 1.67. The third kappa shape index (κ3) is 12.8. The first-order valence-electron chi connectivity index (χ1n) is 13.1. The normalized spacial score (nSPS) is 12.9. The third-order valence-electron chi connectivity index (χ3n) is 5.70. The molecule has 4 amide bonds. The second kappa shape index (κ2) is 17.8. The minimum atomic E-state index is -1.40. The Kier molecular flexibility index (Phi) is 14.1. The van der Waals surface area contributed by atoms with Crippen LogP contribution in [0.15, 0.2) is 72.8 Å². The number of benzene rings is 2. The van der Waals surface area contributed by atoms with Crippen molar-refractivity contribution in [2.75, 3.05) is 13.2 Å². The van der Waals surface area contributed by atoms with E-state index in [0.717, 1.165) is 17.2 Å². The fraction of sp³-hybridized carbons (Fsp3) is 0.345. The largest absolute Gasteiger partial charge is 0.463 e. The maximum atomic E-state index is 13.3. The number of aliphatic hydroxyl groups excluding tert-OH is 1. The molecule has 0 aliphatic rings. The fourth-order valence-corrected chi connectivity index (χ4v) is 3.62. The van der Waals surface area contributed by atoms with Crippen LogP contribution in [0.3, 0.4) is 0 Å². The average molecular weight is 569 g/mol. The van der Waals surface area contributed by atoms with E-state index >= 15 is 0 Å². The smallest absolute Gasteiger partial charge is 0.408 e. The molecule has 0 heterocycles. The molecule has 0 radical (unpaired) electrons. The standard InChI is InChI=1S/C29H36N4O8/c1-2-40-26(36)16-14-22(13-15-25(30)35)31-27(37)23(17-20-9-5-3-6-10-20)32-28(38)24(18-34)33-29(39)41-19-21-11-7-4-8-12-21/h3-12,14,16,22-24,34H,2,13,15,17-19H2,1H3,(H2,30,35)(H,31,37)(H,32,38)(H,33,39)/b16-14+/t22-,23-,24-/m0/s1. The fourth-order valence-electron chi connectivity index (χ4n) is 3.62. The van der Waals surface area contributed by atoms with Crippen molar-refractivity contribution in [1.82, 2.24) is 16.0 Å². The van der Waals surface area contributed by atoms with E-state index in [1.165, 1.54) is 6.08 Å². The van der Waals surface area contributed by atoms with Gasteiger partial charge in [0.15, 0.2) is 0 Å². The first kappa shape index (κ1) is 32.5. The Hall–Kier alpha value is -4.71. The van der Waals surface area contributed by atoms with Crippen molar-refractivity contribution in [1.29, 1.82) is 0 Å². The van der Waals surface area contributed by atoms with Crippen molar-refractivity contribution < 1.29 is 38.6 Å². The summed E-state index contributed by atoms with van der Waals surface area (Å²) < 4.78 is 9.98. The molecule has 0 saturated heterocycles. The number of primary amides is 1. The second-order valence-corrected chi connectivity index (χ2v) is 8.92. The number of aliphatic hydroxyl groups is 1. The van der Waals surface area contributed by atoms with E-state index < -0.39 is 54.5 Å². The number of hydrogen-bond acceptors (Lipinski definition) is 8. The minimum absolute atomic E-state index is 0.0442. The lowest BCUT2D eigenvalue weighted by molar-refractivity contribution is -0.137. The number of hydrogen-bond donors (Lipinski definition) is 5. The van der Waals surface area contributed by atoms with Gasteiger partial charge in [0.2, 0.25) is 17.7 Å². The Labute approximate surface area is 238 Å². The lowest BCUT2D eigenvalue weighted by atomic mass is 10.0. The van der Waals surface area contributed by atoms with Crippen molar-refractivity contribution >= 4 is 29.8 Å². The third-order valence-corrected chi connectivity index (χ3v) is 5.70. The van der Waals surface area contributed by atoms with Gasteiger partial charge in [0, 0.05) is 25.0 Å². The van der Waals surface area contributed by atoms with E-state index in [9.17, 15) is 29.1 Å². The van der Waals surface area contributed by atoms with Crippen LogP contribution in [0.25, 0.3) is 0 Å². The summed E-state index contributed by atoms with van der Waals surface area (Å²) in [4.78, 5) is 61.7. The predicted molar refractivity (Wildman–Crippen MR) is 149 cm³/mol. The van der Waals surface area contributed by atoms with Gasteiger partial charge >= 0.3 is 12.1 Å². The van der Waals surface area contributed by atoms with Gasteiger partial charge in [-0.1, -0.05) is 66.7 Å². The molecule has 0 bridgehead atoms. The molecule has 0 saturated carbocycles. The number of nitrogens with one attached hydrogen (secondary N) is 3. The number of carbonyl (C=O) groups is 5. The van der Waals surface area contributed by atoms with Gasteiger partial charge in [-0.25, -0.2) is 9.59 Å². The van der Waals surface area contributed by atoms with E-state index in [2.05, 4.69) is 16.0 Å². The number of ether oxygens (including phenoxy) is 2. The number of nitrogens with two attached hydrogens (primary N) is 1. The van der Waals surface area contributed by atoms with Crippen molar-refractivity contribution in [3.8, 4) is 0 Å². The van der Waals surface area contributed by atoms with Gasteiger partial charge < -0.3 is 36.3 Å². The van der Waals surface area contributed by atoms with Crippen molar-refractivity contribution in [3.05, 3.63) is 83.9 Å². The number of rotatable bonds is 16. The molecule has 3 atom stereocenters. The molecule has 6 N–H and O–H groups in total. The zero-order chi connectivity index (χ0) is 30.0. The summed E-state index contributed by atoms with van der Waals surface area (Å²) in [6, 6.07) is 14.4. The molecule has 0 unspecified atom stereocenters. The van der Waals surface area contributed by atoms with Gasteiger partial charge in [-0.3, -0.25) is 14.4 Å². The molecule has 2 rings (SSSR count). The lowest BCUT2D eigenvalue weighted by Crippen LogP contribution is -2.56. The van der Waals surface area contributed by atoms with E-state index in [1.807, 2.05) is 6.07 Å². The van der Waals surface area contributed by atoms with Gasteiger partial charge in [0.05, 0.1) is 13.2 Å². The monoisotopic (exact) mass is 568 g/mol. The molecule has 0 fully saturated rings. The molecule has 0 spiro atoms. The molecule has 0 aliphatic heterocycles. The molecule has 2 aromatic rings. The first-order chi connectivity index (χ1) is 19.7. The highest BCUT2D eigenvalue weighted by Crippen LogP contribution is 2.07. The number of amides is 4. The SMILES string of the molecule is CCOC(=O)/C=C/[C@H](CCC(N)=O)NC(=O)[C@H](Cc1ccccc1)NC(=O)[C@H](CO)NC(=O)OCc1ccccc1. The molecular formula is C29H36N4O8. The van der Waals surface area contributed by atoms with Crippen molar-refractivity contribution in [2.45, 2.75) is 50.9 Å². The Bertz CT molecular complexity index is 1170. The van der Waals surface area contributed by atoms with Crippen LogP contribution in [-0.4, -0.2) is 66.2 Å². The second-order valence-electron chi connectivity index (χ2n) is 8.92. The Morgan fingerprint density at radius 2 is 1.46 bits per heavy atom. The zero-order valence-electron chi connectivity index (χ0n) is 22.8. The molecule has 220 valence electrons. The van der Waals surface area contributed by atoms with Crippen LogP contribution in [0.2, 0.25) is 0 Å². The molecule has 0 aromatic heterocycles. The highest BCUT2D eigenvalue weighted by atomic mass is 16.5. The van der Waals surface area contributed by atoms with Crippen LogP contribution in [0.5, 0.6) is 0 Å². The summed E-state index contributed by atoms with van der Waals surface area (Å²) in [7, 11) is 0. The maximum Gasteiger partial charge on any atom is 0.408 e. The highest BCUT2D eigenvalue weighted by molar-refractivity contribution is 5.92. The number of alkyl carbamates (subject to hydrolysis) is 1. The van der Waals surface area contributed by atoms with Crippen molar-refractivity contribution in [3.63, 3.8) is 0 Å². The summed E-state index contributed by atoms with van der Waals surface area (Å²) in [5, 5.41) is 17.3. The highest BCUT2D eigenvalue weighted by Gasteiger charge is 2.28. The average Bonchev–Trinajstić information content (AvgIpc) is 2.96. The summed E-state index contributed by atoms with van der Waals surface area (Å²) >= 11 is 0. The Balaban J connectivity index is 2.13. The van der Waals surface area contributed by atoms with Crippen LogP contribution in [0, 0.1) is 0 Å². The van der Waals surface area contributed by atoms with Gasteiger partial charge in [-0.2, -0.15) is 0 Å². The van der Waals surface area contributed by atoms with Gasteiger partial charge in [0.25, 0.3) is 0 Å². The molecule has 41 heavy (non-hydrogen) atoms. The summed E-state index contributed by atoms with van der Waals surface area (Å²) in [5.74, 6) is -2.68. The lowest BCUT2D eigenvalue weighted by Gasteiger charge is -2.24. The summed E-state index contributed by atoms with van der Waals surface area (Å²) in [6.45, 7) is 1.01. The summed E-state index contributed by atoms with van der Waals surface area (Å²) in [5.41, 5.74) is 6.71. The molecular weight excluding hydrogens is 532 g/mol. The predicted octanol–water partition coefficient (Wildman–Crippen LogP) is 0.871. The molecule has 2 aromatic carbocycles. The van der Waals surface area contributed by atoms with E-state index in [-0.39, 0.29) is 32.5 Å². The number of carbonyl (C=O) groups excluding carboxylic acids is 5. The Morgan fingerprint density at radius 1 is 0.854 bits per heavy atom. The topological polar surface area (TPSA) is 186 Å². The molecule has 12 heteroatoms. The molecule has 0 aliphatic carbocycles. The van der Waals surface area contributed by atoms with Crippen LogP contribution in [0.1, 0.15) is 30.9 Å². The van der Waals surface area contributed by atoms with E-state index in [0.29, 0.717) is 0 Å². The van der Waals surface area contributed by atoms with Crippen LogP contribution in [-0.2, 0) is 41.7 Å². The quantitative estimate of drug-likeness (QED) is 0.146. The van der Waals surface area contributed by atoms with Gasteiger partial charge in [-0.15, -0.1) is 0 Å². The van der Waals surface area contributed by atoms with E-state index in [4.69, 9.17) is 15.2 Å². The van der Waals surface area contributed by atoms with Crippen molar-refractivity contribution in [2.24, 2.45) is 5.73 Å². The first-order valence-corrected chi connectivity index (χ1v) is 13.1. The van der Waals surface area contributed by atoms with Gasteiger partial charge in [0.1, 0.15) is 18.7 Å². The van der Waals surface area contributed by atoms with Crippen LogP contribution < -0.4 is 21.7 Å². The van der Waals surface area contributed by atoms with Crippen LogP contribution in [0.4, 0.5) is 4.79 Å². The zero-order valence-corrected chi connectivity index (χ0v) is 22.8. The molecule has 12 nitrogen and oxygen atoms in total. The van der Waals surface area contributed by atoms with E-state index in [1.54, 1.807) is 61.5 Å².